The minimum Gasteiger partial charge on any atom is -0.455 e. The lowest BCUT2D eigenvalue weighted by Crippen LogP contribution is -2.13. The molecule has 1 unspecified atom stereocenters. The molecule has 1 aliphatic heterocycles. The van der Waals surface area contributed by atoms with Crippen molar-refractivity contribution in [3.8, 4) is 0 Å². The van der Waals surface area contributed by atoms with Crippen molar-refractivity contribution in [2.45, 2.75) is 6.10 Å². The first-order valence-corrected chi connectivity index (χ1v) is 4.08. The van der Waals surface area contributed by atoms with Gasteiger partial charge in [0.2, 0.25) is 0 Å². The fourth-order valence-corrected chi connectivity index (χ4v) is 1.28. The van der Waals surface area contributed by atoms with Gasteiger partial charge in [0.25, 0.3) is 6.02 Å². The van der Waals surface area contributed by atoms with Gasteiger partial charge < -0.3 is 10.5 Å². The van der Waals surface area contributed by atoms with Gasteiger partial charge in [-0.05, 0) is 17.7 Å². The highest BCUT2D eigenvalue weighted by atomic mass is 19.2. The maximum Gasteiger partial charge on any atom is 0.282 e. The molecule has 5 heteroatoms. The van der Waals surface area contributed by atoms with Gasteiger partial charge in [-0.25, -0.2) is 13.8 Å². The first kappa shape index (κ1) is 8.93. The molecule has 1 heterocycles. The molecule has 0 aromatic heterocycles. The molecule has 0 radical (unpaired) electrons. The van der Waals surface area contributed by atoms with Crippen molar-refractivity contribution in [3.63, 3.8) is 0 Å². The number of ether oxygens (including phenoxy) is 1. The van der Waals surface area contributed by atoms with Crippen LogP contribution in [0.4, 0.5) is 8.78 Å². The Morgan fingerprint density at radius 1 is 1.36 bits per heavy atom. The van der Waals surface area contributed by atoms with Crippen molar-refractivity contribution < 1.29 is 13.5 Å². The van der Waals surface area contributed by atoms with Crippen molar-refractivity contribution in [1.29, 1.82) is 0 Å². The van der Waals surface area contributed by atoms with E-state index in [1.165, 1.54) is 6.07 Å². The van der Waals surface area contributed by atoms with E-state index in [0.29, 0.717) is 12.1 Å². The Morgan fingerprint density at radius 2 is 2.14 bits per heavy atom. The fourth-order valence-electron chi connectivity index (χ4n) is 1.28. The molecule has 2 rings (SSSR count). The van der Waals surface area contributed by atoms with E-state index in [1.807, 2.05) is 0 Å². The molecule has 0 fully saturated rings. The third kappa shape index (κ3) is 1.53. The third-order valence-electron chi connectivity index (χ3n) is 1.99. The average Bonchev–Trinajstić information content (AvgIpc) is 2.57. The van der Waals surface area contributed by atoms with Crippen molar-refractivity contribution in [3.05, 3.63) is 35.4 Å². The monoisotopic (exact) mass is 198 g/mol. The summed E-state index contributed by atoms with van der Waals surface area (Å²) in [6.45, 7) is 0.344. The van der Waals surface area contributed by atoms with Crippen LogP contribution in [0, 0.1) is 11.6 Å². The molecule has 1 atom stereocenters. The zero-order chi connectivity index (χ0) is 10.1. The highest BCUT2D eigenvalue weighted by Gasteiger charge is 2.20. The Bertz CT molecular complexity index is 392. The van der Waals surface area contributed by atoms with E-state index in [-0.39, 0.29) is 6.02 Å². The number of hydrogen-bond acceptors (Lipinski definition) is 3. The number of aliphatic imine (C=N–C) groups is 1. The summed E-state index contributed by atoms with van der Waals surface area (Å²) in [5.74, 6) is -1.77. The minimum absolute atomic E-state index is 0.0831. The summed E-state index contributed by atoms with van der Waals surface area (Å²) >= 11 is 0. The van der Waals surface area contributed by atoms with Crippen molar-refractivity contribution in [2.75, 3.05) is 6.54 Å². The Kier molecular flexibility index (Phi) is 2.07. The number of nitrogens with two attached hydrogens (primary N) is 1. The van der Waals surface area contributed by atoms with Gasteiger partial charge in [-0.3, -0.25) is 0 Å². The highest BCUT2D eigenvalue weighted by molar-refractivity contribution is 5.73. The lowest BCUT2D eigenvalue weighted by molar-refractivity contribution is 0.225. The van der Waals surface area contributed by atoms with Crippen LogP contribution in [0.25, 0.3) is 0 Å². The van der Waals surface area contributed by atoms with Gasteiger partial charge in [0, 0.05) is 0 Å². The molecule has 3 nitrogen and oxygen atoms in total. The van der Waals surface area contributed by atoms with Crippen LogP contribution in [0.1, 0.15) is 11.7 Å². The molecule has 1 aliphatic rings. The fraction of sp³-hybridized carbons (Fsp3) is 0.222. The van der Waals surface area contributed by atoms with E-state index < -0.39 is 17.7 Å². The minimum atomic E-state index is -0.892. The molecule has 74 valence electrons. The van der Waals surface area contributed by atoms with E-state index in [4.69, 9.17) is 10.5 Å². The second-order valence-electron chi connectivity index (χ2n) is 2.96. The molecule has 1 aromatic rings. The summed E-state index contributed by atoms with van der Waals surface area (Å²) < 4.78 is 30.5. The van der Waals surface area contributed by atoms with E-state index in [0.717, 1.165) is 12.1 Å². The number of rotatable bonds is 1. The molecule has 14 heavy (non-hydrogen) atoms. The van der Waals surface area contributed by atoms with Crippen LogP contribution >= 0.6 is 0 Å². The van der Waals surface area contributed by atoms with Crippen molar-refractivity contribution in [1.82, 2.24) is 0 Å². The smallest absolute Gasteiger partial charge is 0.282 e. The maximum absolute atomic E-state index is 12.8. The predicted octanol–water partition coefficient (Wildman–Crippen LogP) is 1.35. The third-order valence-corrected chi connectivity index (χ3v) is 1.99. The highest BCUT2D eigenvalue weighted by Crippen LogP contribution is 2.23. The normalized spacial score (nSPS) is 20.4. The number of nitrogens with zero attached hydrogens (tertiary/aromatic N) is 1. The lowest BCUT2D eigenvalue weighted by Gasteiger charge is -2.09. The molecule has 1 aromatic carbocycles. The van der Waals surface area contributed by atoms with Gasteiger partial charge in [0.1, 0.15) is 6.10 Å². The van der Waals surface area contributed by atoms with Gasteiger partial charge in [-0.1, -0.05) is 6.07 Å². The van der Waals surface area contributed by atoms with Crippen LogP contribution in [0.2, 0.25) is 0 Å². The first-order chi connectivity index (χ1) is 6.66. The molecular formula is C9H8F2N2O. The van der Waals surface area contributed by atoms with Gasteiger partial charge in [0.15, 0.2) is 11.6 Å². The molecule has 0 saturated carbocycles. The summed E-state index contributed by atoms with van der Waals surface area (Å²) in [6, 6.07) is 3.69. The Hall–Kier alpha value is -1.65. The molecule has 0 bridgehead atoms. The van der Waals surface area contributed by atoms with Gasteiger partial charge in [-0.15, -0.1) is 0 Å². The topological polar surface area (TPSA) is 47.6 Å². The molecular weight excluding hydrogens is 190 g/mol. The maximum atomic E-state index is 12.8. The molecule has 0 saturated heterocycles. The summed E-state index contributed by atoms with van der Waals surface area (Å²) in [6.07, 6.45) is -0.398. The van der Waals surface area contributed by atoms with Gasteiger partial charge in [-0.2, -0.15) is 0 Å². The van der Waals surface area contributed by atoms with Crippen LogP contribution in [-0.2, 0) is 4.74 Å². The zero-order valence-electron chi connectivity index (χ0n) is 7.21. The Balaban J connectivity index is 2.22. The van der Waals surface area contributed by atoms with Gasteiger partial charge >= 0.3 is 0 Å². The summed E-state index contributed by atoms with van der Waals surface area (Å²) in [5, 5.41) is 0. The predicted molar refractivity (Wildman–Crippen MR) is 46.7 cm³/mol. The quantitative estimate of drug-likeness (QED) is 0.740. The Labute approximate surface area is 79.2 Å². The molecule has 0 amide bonds. The number of hydrogen-bond donors (Lipinski definition) is 1. The van der Waals surface area contributed by atoms with Crippen LogP contribution in [0.5, 0.6) is 0 Å². The van der Waals surface area contributed by atoms with Crippen LogP contribution in [-0.4, -0.2) is 12.6 Å². The summed E-state index contributed by atoms with van der Waals surface area (Å²) in [5.41, 5.74) is 5.83. The number of amidine groups is 1. The van der Waals surface area contributed by atoms with Crippen molar-refractivity contribution >= 4 is 6.02 Å². The molecule has 0 spiro atoms. The second kappa shape index (κ2) is 3.25. The first-order valence-electron chi connectivity index (χ1n) is 4.08. The van der Waals surface area contributed by atoms with E-state index in [1.54, 1.807) is 0 Å². The van der Waals surface area contributed by atoms with Crippen LogP contribution in [0.15, 0.2) is 23.2 Å². The van der Waals surface area contributed by atoms with Gasteiger partial charge in [0.05, 0.1) is 6.54 Å². The number of halogens is 2. The van der Waals surface area contributed by atoms with E-state index in [9.17, 15) is 8.78 Å². The zero-order valence-corrected chi connectivity index (χ0v) is 7.21. The lowest BCUT2D eigenvalue weighted by atomic mass is 10.1. The summed E-state index contributed by atoms with van der Waals surface area (Å²) in [4.78, 5) is 3.80. The largest absolute Gasteiger partial charge is 0.455 e. The van der Waals surface area contributed by atoms with E-state index >= 15 is 0 Å². The molecule has 2 N–H and O–H groups in total. The Morgan fingerprint density at radius 3 is 2.71 bits per heavy atom. The number of benzene rings is 1. The van der Waals surface area contributed by atoms with Crippen LogP contribution < -0.4 is 5.73 Å². The second-order valence-corrected chi connectivity index (χ2v) is 2.96. The van der Waals surface area contributed by atoms with Crippen LogP contribution in [0.3, 0.4) is 0 Å². The van der Waals surface area contributed by atoms with E-state index in [2.05, 4.69) is 4.99 Å². The standard InChI is InChI=1S/C9H8F2N2O/c10-6-2-1-5(3-7(6)11)8-4-13-9(12)14-8/h1-3,8H,4H2,(H2,12,13). The summed E-state index contributed by atoms with van der Waals surface area (Å²) in [7, 11) is 0. The average molecular weight is 198 g/mol. The SMILES string of the molecule is NC1=NCC(c2ccc(F)c(F)c2)O1. The van der Waals surface area contributed by atoms with Crippen molar-refractivity contribution in [2.24, 2.45) is 10.7 Å². The molecule has 0 aliphatic carbocycles.